The van der Waals surface area contributed by atoms with E-state index in [1.165, 1.54) is 0 Å². The number of nitriles is 3. The van der Waals surface area contributed by atoms with Gasteiger partial charge in [-0.25, -0.2) is 0 Å². The molecule has 0 bridgehead atoms. The molecule has 3 rings (SSSR count). The van der Waals surface area contributed by atoms with E-state index >= 15 is 0 Å². The number of ether oxygens (including phenoxy) is 1. The molecule has 1 aliphatic rings. The fourth-order valence-electron chi connectivity index (χ4n) is 3.11. The van der Waals surface area contributed by atoms with E-state index in [1.54, 1.807) is 44.2 Å². The smallest absolute Gasteiger partial charge is 0.172 e. The van der Waals surface area contributed by atoms with Crippen molar-refractivity contribution in [3.63, 3.8) is 0 Å². The molecule has 1 heterocycles. The molecule has 0 radical (unpaired) electrons. The van der Waals surface area contributed by atoms with Gasteiger partial charge in [-0.05, 0) is 30.9 Å². The number of hydrogen-bond acceptors (Lipinski definition) is 5. The van der Waals surface area contributed by atoms with Crippen molar-refractivity contribution in [3.05, 3.63) is 70.5 Å². The van der Waals surface area contributed by atoms with Gasteiger partial charge < -0.3 is 9.84 Å². The molecule has 1 aliphatic heterocycles. The van der Waals surface area contributed by atoms with Crippen LogP contribution in [0.5, 0.6) is 5.75 Å². The van der Waals surface area contributed by atoms with Crippen LogP contribution in [-0.2, 0) is 4.74 Å². The zero-order valence-electron chi connectivity index (χ0n) is 14.8. The maximum absolute atomic E-state index is 10.0. The first-order valence-corrected chi connectivity index (χ1v) is 8.20. The Kier molecular flexibility index (Phi) is 4.43. The lowest BCUT2D eigenvalue weighted by Crippen LogP contribution is -2.20. The number of phenols is 1. The van der Waals surface area contributed by atoms with Gasteiger partial charge in [0.1, 0.15) is 35.1 Å². The molecule has 0 saturated carbocycles. The van der Waals surface area contributed by atoms with Crippen LogP contribution in [0, 0.1) is 34.0 Å². The molecule has 27 heavy (non-hydrogen) atoms. The number of phenolic OH excluding ortho intramolecular Hbond substituents is 1. The molecule has 1 N–H and O–H groups in total. The van der Waals surface area contributed by atoms with Gasteiger partial charge in [-0.1, -0.05) is 42.5 Å². The van der Waals surface area contributed by atoms with E-state index in [9.17, 15) is 10.4 Å². The summed E-state index contributed by atoms with van der Waals surface area (Å²) >= 11 is 0. The van der Waals surface area contributed by atoms with E-state index in [1.807, 2.05) is 30.3 Å². The Morgan fingerprint density at radius 2 is 1.67 bits per heavy atom. The van der Waals surface area contributed by atoms with Crippen LogP contribution in [-0.4, -0.2) is 10.7 Å². The first-order chi connectivity index (χ1) is 12.9. The zero-order chi connectivity index (χ0) is 19.6. The average Bonchev–Trinajstić information content (AvgIpc) is 2.92. The van der Waals surface area contributed by atoms with Crippen LogP contribution in [0.2, 0.25) is 0 Å². The maximum Gasteiger partial charge on any atom is 0.172 e. The van der Waals surface area contributed by atoms with Gasteiger partial charge in [-0.2, -0.15) is 15.8 Å². The minimum absolute atomic E-state index is 0.0164. The second-order valence-electron chi connectivity index (χ2n) is 6.49. The van der Waals surface area contributed by atoms with Crippen molar-refractivity contribution in [2.75, 3.05) is 0 Å². The standard InChI is InChI=1S/C22H15N3O2/c1-22(2)19(18(13-25)21(27-22)15(11-23)12-24)9-7-14-8-10-20(26)17-6-4-3-5-16(14)17/h3-10,26H,1-2H3/b9-7+. The summed E-state index contributed by atoms with van der Waals surface area (Å²) in [6.07, 6.45) is 3.59. The lowest BCUT2D eigenvalue weighted by molar-refractivity contribution is 0.0954. The van der Waals surface area contributed by atoms with Crippen LogP contribution in [0.3, 0.4) is 0 Å². The fraction of sp³-hybridized carbons (Fsp3) is 0.136. The van der Waals surface area contributed by atoms with Gasteiger partial charge in [0.05, 0.1) is 0 Å². The molecule has 0 aliphatic carbocycles. The largest absolute Gasteiger partial charge is 0.507 e. The molecule has 0 unspecified atom stereocenters. The van der Waals surface area contributed by atoms with E-state index in [2.05, 4.69) is 6.07 Å². The SMILES string of the molecule is CC1(C)OC(=C(C#N)C#N)C(C#N)=C1/C=C/c1ccc(O)c2ccccc12. The van der Waals surface area contributed by atoms with Gasteiger partial charge in [-0.3, -0.25) is 0 Å². The van der Waals surface area contributed by atoms with E-state index in [-0.39, 0.29) is 22.7 Å². The Hall–Kier alpha value is -4.01. The number of fused-ring (bicyclic) bond motifs is 1. The Bertz CT molecular complexity index is 1150. The monoisotopic (exact) mass is 353 g/mol. The second-order valence-corrected chi connectivity index (χ2v) is 6.49. The van der Waals surface area contributed by atoms with Crippen molar-refractivity contribution < 1.29 is 9.84 Å². The number of allylic oxidation sites excluding steroid dienone is 2. The molecule has 0 saturated heterocycles. The molecule has 5 nitrogen and oxygen atoms in total. The summed E-state index contributed by atoms with van der Waals surface area (Å²) in [7, 11) is 0. The summed E-state index contributed by atoms with van der Waals surface area (Å²) in [6.45, 7) is 3.55. The maximum atomic E-state index is 10.0. The summed E-state index contributed by atoms with van der Waals surface area (Å²) in [5.41, 5.74) is 0.542. The number of rotatable bonds is 2. The van der Waals surface area contributed by atoms with Crippen LogP contribution >= 0.6 is 0 Å². The summed E-state index contributed by atoms with van der Waals surface area (Å²) in [4.78, 5) is 0. The molecule has 2 aromatic carbocycles. The third-order valence-corrected chi connectivity index (χ3v) is 4.43. The highest BCUT2D eigenvalue weighted by Crippen LogP contribution is 2.40. The predicted molar refractivity (Wildman–Crippen MR) is 101 cm³/mol. The molecule has 0 aromatic heterocycles. The van der Waals surface area contributed by atoms with Gasteiger partial charge in [0, 0.05) is 11.0 Å². The lowest BCUT2D eigenvalue weighted by atomic mass is 9.93. The average molecular weight is 353 g/mol. The summed E-state index contributed by atoms with van der Waals surface area (Å²) in [5, 5.41) is 39.5. The van der Waals surface area contributed by atoms with Crippen molar-refractivity contribution in [2.24, 2.45) is 0 Å². The van der Waals surface area contributed by atoms with Gasteiger partial charge in [-0.15, -0.1) is 0 Å². The molecular weight excluding hydrogens is 338 g/mol. The van der Waals surface area contributed by atoms with Gasteiger partial charge in [0.2, 0.25) is 0 Å². The number of aromatic hydroxyl groups is 1. The zero-order valence-corrected chi connectivity index (χ0v) is 14.8. The lowest BCUT2D eigenvalue weighted by Gasteiger charge is -2.20. The third-order valence-electron chi connectivity index (χ3n) is 4.43. The van der Waals surface area contributed by atoms with Gasteiger partial charge in [0.25, 0.3) is 0 Å². The Morgan fingerprint density at radius 1 is 1.00 bits per heavy atom. The number of hydrogen-bond donors (Lipinski definition) is 1. The Balaban J connectivity index is 2.17. The quantitative estimate of drug-likeness (QED) is 0.802. The van der Waals surface area contributed by atoms with Crippen LogP contribution in [0.15, 0.2) is 65.0 Å². The van der Waals surface area contributed by atoms with Crippen LogP contribution in [0.4, 0.5) is 0 Å². The Labute approximate surface area is 157 Å². The molecular formula is C22H15N3O2. The Morgan fingerprint density at radius 3 is 2.30 bits per heavy atom. The molecule has 0 spiro atoms. The van der Waals surface area contributed by atoms with Crippen LogP contribution in [0.1, 0.15) is 19.4 Å². The van der Waals surface area contributed by atoms with Crippen molar-refractivity contribution in [3.8, 4) is 24.0 Å². The normalized spacial score (nSPS) is 15.3. The van der Waals surface area contributed by atoms with Crippen molar-refractivity contribution in [2.45, 2.75) is 19.4 Å². The number of nitrogens with zero attached hydrogens (tertiary/aromatic N) is 3. The highest BCUT2D eigenvalue weighted by Gasteiger charge is 2.38. The highest BCUT2D eigenvalue weighted by atomic mass is 16.5. The van der Waals surface area contributed by atoms with Crippen LogP contribution in [0.25, 0.3) is 16.8 Å². The summed E-state index contributed by atoms with van der Waals surface area (Å²) in [5.74, 6) is 0.213. The minimum atomic E-state index is -0.859. The van der Waals surface area contributed by atoms with E-state index in [4.69, 9.17) is 15.3 Å². The molecule has 130 valence electrons. The fourth-order valence-corrected chi connectivity index (χ4v) is 3.11. The topological polar surface area (TPSA) is 101 Å². The van der Waals surface area contributed by atoms with E-state index in [0.717, 1.165) is 16.3 Å². The molecule has 5 heteroatoms. The van der Waals surface area contributed by atoms with Crippen molar-refractivity contribution in [1.29, 1.82) is 15.8 Å². The predicted octanol–water partition coefficient (Wildman–Crippen LogP) is 4.49. The first kappa shape index (κ1) is 17.8. The minimum Gasteiger partial charge on any atom is -0.507 e. The van der Waals surface area contributed by atoms with Gasteiger partial charge in [0.15, 0.2) is 11.3 Å². The first-order valence-electron chi connectivity index (χ1n) is 8.20. The van der Waals surface area contributed by atoms with Crippen LogP contribution < -0.4 is 0 Å². The van der Waals surface area contributed by atoms with Crippen molar-refractivity contribution in [1.82, 2.24) is 0 Å². The third kappa shape index (κ3) is 3.01. The van der Waals surface area contributed by atoms with E-state index in [0.29, 0.717) is 5.57 Å². The highest BCUT2D eigenvalue weighted by molar-refractivity contribution is 5.95. The van der Waals surface area contributed by atoms with Gasteiger partial charge >= 0.3 is 0 Å². The summed E-state index contributed by atoms with van der Waals surface area (Å²) < 4.78 is 5.75. The molecule has 2 aromatic rings. The molecule has 0 atom stereocenters. The van der Waals surface area contributed by atoms with Crippen molar-refractivity contribution >= 4 is 16.8 Å². The van der Waals surface area contributed by atoms with E-state index < -0.39 is 5.60 Å². The molecule has 0 amide bonds. The molecule has 0 fully saturated rings. The number of benzene rings is 2. The second kappa shape index (κ2) is 6.71. The summed E-state index contributed by atoms with van der Waals surface area (Å²) in [6, 6.07) is 16.5.